The fourth-order valence-electron chi connectivity index (χ4n) is 5.12. The minimum Gasteiger partial charge on any atom is -0.494 e. The molecule has 39 heavy (non-hydrogen) atoms. The number of fused-ring (bicyclic) bond motifs is 1. The van der Waals surface area contributed by atoms with E-state index in [1.807, 2.05) is 43.3 Å². The molecule has 0 amide bonds. The minimum absolute atomic E-state index is 0.204. The number of H-pyrrole nitrogens is 1. The number of rotatable bonds is 8. The first kappa shape index (κ1) is 24.8. The number of aromatic nitrogens is 5. The van der Waals surface area contributed by atoms with E-state index in [-0.39, 0.29) is 11.4 Å². The van der Waals surface area contributed by atoms with Gasteiger partial charge in [0.25, 0.3) is 5.56 Å². The van der Waals surface area contributed by atoms with E-state index in [9.17, 15) is 9.18 Å². The van der Waals surface area contributed by atoms with Crippen molar-refractivity contribution in [3.05, 3.63) is 100 Å². The average molecular weight is 530 g/mol. The van der Waals surface area contributed by atoms with Gasteiger partial charge in [-0.3, -0.25) is 9.69 Å². The number of anilines is 1. The molecule has 10 nitrogen and oxygen atoms in total. The highest BCUT2D eigenvalue weighted by Crippen LogP contribution is 2.30. The van der Waals surface area contributed by atoms with Crippen molar-refractivity contribution in [3.63, 3.8) is 0 Å². The van der Waals surface area contributed by atoms with Crippen LogP contribution in [0.2, 0.25) is 0 Å². The molecule has 1 aliphatic heterocycles. The molecule has 1 atom stereocenters. The Hall–Kier alpha value is -4.51. The van der Waals surface area contributed by atoms with Crippen molar-refractivity contribution in [1.29, 1.82) is 0 Å². The van der Waals surface area contributed by atoms with Gasteiger partial charge in [0.1, 0.15) is 29.9 Å². The summed E-state index contributed by atoms with van der Waals surface area (Å²) in [6, 6.07) is 17.2. The molecule has 2 aromatic carbocycles. The lowest BCUT2D eigenvalue weighted by Crippen LogP contribution is -2.49. The van der Waals surface area contributed by atoms with Crippen molar-refractivity contribution >= 4 is 16.6 Å². The van der Waals surface area contributed by atoms with Gasteiger partial charge in [0.15, 0.2) is 5.82 Å². The van der Waals surface area contributed by atoms with Crippen molar-refractivity contribution in [2.24, 2.45) is 0 Å². The van der Waals surface area contributed by atoms with Gasteiger partial charge < -0.3 is 19.0 Å². The number of piperazine rings is 1. The lowest BCUT2D eigenvalue weighted by Gasteiger charge is -2.39. The molecule has 1 fully saturated rings. The van der Waals surface area contributed by atoms with Crippen LogP contribution in [-0.4, -0.2) is 62.9 Å². The largest absolute Gasteiger partial charge is 0.494 e. The molecule has 0 radical (unpaired) electrons. The summed E-state index contributed by atoms with van der Waals surface area (Å²) in [4.78, 5) is 21.0. The molecule has 0 saturated carbocycles. The number of nitrogens with one attached hydrogen (secondary N) is 1. The summed E-state index contributed by atoms with van der Waals surface area (Å²) in [6.45, 7) is 5.50. The number of halogens is 1. The Kier molecular flexibility index (Phi) is 6.80. The second-order valence-electron chi connectivity index (χ2n) is 9.41. The van der Waals surface area contributed by atoms with E-state index in [0.717, 1.165) is 22.3 Å². The Morgan fingerprint density at radius 3 is 2.64 bits per heavy atom. The van der Waals surface area contributed by atoms with E-state index >= 15 is 0 Å². The fraction of sp³-hybridized carbons (Fsp3) is 0.286. The number of benzene rings is 2. The van der Waals surface area contributed by atoms with Crippen LogP contribution in [0.25, 0.3) is 10.9 Å². The Balaban J connectivity index is 1.38. The second-order valence-corrected chi connectivity index (χ2v) is 9.41. The first-order chi connectivity index (χ1) is 19.1. The lowest BCUT2D eigenvalue weighted by molar-refractivity contribution is 0.200. The quantitative estimate of drug-likeness (QED) is 0.325. The van der Waals surface area contributed by atoms with Crippen LogP contribution in [0.5, 0.6) is 5.75 Å². The summed E-state index contributed by atoms with van der Waals surface area (Å²) in [5, 5.41) is 13.4. The first-order valence-corrected chi connectivity index (χ1v) is 12.9. The number of pyridine rings is 1. The summed E-state index contributed by atoms with van der Waals surface area (Å²) in [6.07, 6.45) is 1.61. The normalized spacial score (nSPS) is 15.1. The third-order valence-corrected chi connectivity index (χ3v) is 7.01. The molecule has 5 aromatic rings. The van der Waals surface area contributed by atoms with Gasteiger partial charge >= 0.3 is 0 Å². The Labute approximate surface area is 223 Å². The number of tetrazole rings is 1. The minimum atomic E-state index is -0.505. The number of hydrogen-bond acceptors (Lipinski definition) is 8. The van der Waals surface area contributed by atoms with E-state index in [0.29, 0.717) is 56.5 Å². The summed E-state index contributed by atoms with van der Waals surface area (Å²) in [7, 11) is 0. The summed E-state index contributed by atoms with van der Waals surface area (Å²) in [5.74, 6) is 1.73. The first-order valence-electron chi connectivity index (χ1n) is 12.9. The molecule has 1 saturated heterocycles. The SMILES string of the molecule is CCOc1ccc2[nH]c(=O)c([C@@H](c3nnnn3Cc3ccco3)N3CCN(c4ccc(F)cc4)CC3)cc2c1. The highest BCUT2D eigenvalue weighted by molar-refractivity contribution is 5.80. The van der Waals surface area contributed by atoms with E-state index in [4.69, 9.17) is 9.15 Å². The highest BCUT2D eigenvalue weighted by atomic mass is 19.1. The molecule has 200 valence electrons. The van der Waals surface area contributed by atoms with E-state index in [1.54, 1.807) is 23.1 Å². The van der Waals surface area contributed by atoms with Gasteiger partial charge in [0.05, 0.1) is 12.9 Å². The molecule has 6 rings (SSSR count). The molecular weight excluding hydrogens is 501 g/mol. The molecular formula is C28H28FN7O3. The maximum Gasteiger partial charge on any atom is 0.253 e. The highest BCUT2D eigenvalue weighted by Gasteiger charge is 2.33. The molecule has 0 aliphatic carbocycles. The van der Waals surface area contributed by atoms with Gasteiger partial charge in [-0.1, -0.05) is 0 Å². The van der Waals surface area contributed by atoms with Crippen LogP contribution in [0.3, 0.4) is 0 Å². The standard InChI is InChI=1S/C28H28FN7O3/c1-2-38-22-9-10-25-19(16-22)17-24(28(37)30-25)26(27-31-32-33-36(27)18-23-4-3-15-39-23)35-13-11-34(12-14-35)21-7-5-20(29)6-8-21/h3-10,15-17,26H,2,11-14,18H2,1H3,(H,30,37)/t26-/m0/s1. The van der Waals surface area contributed by atoms with Crippen LogP contribution >= 0.6 is 0 Å². The van der Waals surface area contributed by atoms with Gasteiger partial charge in [0, 0.05) is 48.3 Å². The third-order valence-electron chi connectivity index (χ3n) is 7.01. The molecule has 0 bridgehead atoms. The number of nitrogens with zero attached hydrogens (tertiary/aromatic N) is 6. The molecule has 11 heteroatoms. The zero-order chi connectivity index (χ0) is 26.8. The zero-order valence-electron chi connectivity index (χ0n) is 21.5. The summed E-state index contributed by atoms with van der Waals surface area (Å²) < 4.78 is 26.4. The van der Waals surface area contributed by atoms with Crippen molar-refractivity contribution < 1.29 is 13.5 Å². The fourth-order valence-corrected chi connectivity index (χ4v) is 5.12. The van der Waals surface area contributed by atoms with Gasteiger partial charge in [-0.25, -0.2) is 9.07 Å². The predicted octanol–water partition coefficient (Wildman–Crippen LogP) is 3.61. The monoisotopic (exact) mass is 529 g/mol. The van der Waals surface area contributed by atoms with E-state index in [2.05, 4.69) is 30.3 Å². The number of ether oxygens (including phenoxy) is 1. The second kappa shape index (κ2) is 10.7. The van der Waals surface area contributed by atoms with Crippen LogP contribution in [0.15, 0.2) is 76.1 Å². The lowest BCUT2D eigenvalue weighted by atomic mass is 10.0. The van der Waals surface area contributed by atoms with Gasteiger partial charge in [0.2, 0.25) is 0 Å². The molecule has 0 unspecified atom stereocenters. The Bertz CT molecular complexity index is 1610. The number of aromatic amines is 1. The van der Waals surface area contributed by atoms with Crippen LogP contribution < -0.4 is 15.2 Å². The van der Waals surface area contributed by atoms with Crippen LogP contribution in [0.1, 0.15) is 30.1 Å². The van der Waals surface area contributed by atoms with Crippen molar-refractivity contribution in [2.75, 3.05) is 37.7 Å². The molecule has 0 spiro atoms. The zero-order valence-corrected chi connectivity index (χ0v) is 21.5. The van der Waals surface area contributed by atoms with Crippen LogP contribution in [0.4, 0.5) is 10.1 Å². The maximum absolute atomic E-state index is 13.5. The average Bonchev–Trinajstić information content (AvgIpc) is 3.63. The van der Waals surface area contributed by atoms with Crippen LogP contribution in [0, 0.1) is 5.82 Å². The topological polar surface area (TPSA) is 105 Å². The smallest absolute Gasteiger partial charge is 0.253 e. The van der Waals surface area contributed by atoms with Crippen molar-refractivity contribution in [3.8, 4) is 5.75 Å². The molecule has 3 aromatic heterocycles. The van der Waals surface area contributed by atoms with Crippen molar-refractivity contribution in [2.45, 2.75) is 19.5 Å². The van der Waals surface area contributed by atoms with Gasteiger partial charge in [-0.15, -0.1) is 5.10 Å². The van der Waals surface area contributed by atoms with Crippen molar-refractivity contribution in [1.82, 2.24) is 30.1 Å². The Morgan fingerprint density at radius 2 is 1.90 bits per heavy atom. The Morgan fingerprint density at radius 1 is 1.08 bits per heavy atom. The molecule has 1 N–H and O–H groups in total. The maximum atomic E-state index is 13.5. The van der Waals surface area contributed by atoms with E-state index < -0.39 is 6.04 Å². The predicted molar refractivity (Wildman–Crippen MR) is 143 cm³/mol. The summed E-state index contributed by atoms with van der Waals surface area (Å²) in [5.41, 5.74) is 2.02. The van der Waals surface area contributed by atoms with Gasteiger partial charge in [-0.05, 0) is 78.0 Å². The molecule has 1 aliphatic rings. The summed E-state index contributed by atoms with van der Waals surface area (Å²) >= 11 is 0. The third kappa shape index (κ3) is 5.13. The molecule has 4 heterocycles. The van der Waals surface area contributed by atoms with Crippen LogP contribution in [-0.2, 0) is 6.54 Å². The van der Waals surface area contributed by atoms with E-state index in [1.165, 1.54) is 12.1 Å². The number of hydrogen-bond donors (Lipinski definition) is 1. The number of furan rings is 1. The van der Waals surface area contributed by atoms with Gasteiger partial charge in [-0.2, -0.15) is 0 Å².